The zero-order valence-corrected chi connectivity index (χ0v) is 28.4. The molecule has 0 fully saturated rings. The lowest BCUT2D eigenvalue weighted by molar-refractivity contribution is 1.18. The summed E-state index contributed by atoms with van der Waals surface area (Å²) in [7, 11) is 0. The van der Waals surface area contributed by atoms with Gasteiger partial charge < -0.3 is 9.13 Å². The van der Waals surface area contributed by atoms with Crippen molar-refractivity contribution in [3.05, 3.63) is 182 Å². The standard InChI is InChI=1S/C48H30N2S/c1-2-10-31(11-3-1)34-22-28-44-41(30-34)47-45(29-27-40-39-14-6-9-17-46(39)51-48(40)47)50(44)36-25-20-33(21-26-36)32-18-23-35(24-19-32)49-42-15-7-4-12-37(42)38-13-5-8-16-43(38)49/h1-30H. The Morgan fingerprint density at radius 2 is 0.804 bits per heavy atom. The number of rotatable bonds is 4. The quantitative estimate of drug-likeness (QED) is 0.177. The molecule has 0 atom stereocenters. The number of para-hydroxylation sites is 2. The van der Waals surface area contributed by atoms with Crippen LogP contribution in [0.4, 0.5) is 0 Å². The number of hydrogen-bond donors (Lipinski definition) is 0. The summed E-state index contributed by atoms with van der Waals surface area (Å²) < 4.78 is 7.49. The molecule has 8 aromatic carbocycles. The van der Waals surface area contributed by atoms with Crippen LogP contribution in [-0.2, 0) is 0 Å². The molecule has 11 rings (SSSR count). The molecule has 0 N–H and O–H groups in total. The van der Waals surface area contributed by atoms with Gasteiger partial charge in [-0.2, -0.15) is 0 Å². The Kier molecular flexibility index (Phi) is 6.16. The number of benzene rings is 8. The van der Waals surface area contributed by atoms with Crippen molar-refractivity contribution in [2.24, 2.45) is 0 Å². The molecule has 238 valence electrons. The van der Waals surface area contributed by atoms with Crippen LogP contribution in [0.15, 0.2) is 182 Å². The monoisotopic (exact) mass is 666 g/mol. The Bertz CT molecular complexity index is 3050. The predicted molar refractivity (Wildman–Crippen MR) is 219 cm³/mol. The van der Waals surface area contributed by atoms with Crippen molar-refractivity contribution < 1.29 is 0 Å². The molecule has 3 heterocycles. The van der Waals surface area contributed by atoms with Gasteiger partial charge in [0, 0.05) is 53.1 Å². The van der Waals surface area contributed by atoms with Crippen LogP contribution in [0.1, 0.15) is 0 Å². The average molecular weight is 667 g/mol. The van der Waals surface area contributed by atoms with Crippen molar-refractivity contribution in [1.29, 1.82) is 0 Å². The van der Waals surface area contributed by atoms with E-state index in [0.29, 0.717) is 0 Å². The minimum atomic E-state index is 1.16. The number of thiophene rings is 1. The molecule has 3 aromatic heterocycles. The second-order valence-corrected chi connectivity index (χ2v) is 14.4. The first kappa shape index (κ1) is 28.4. The second kappa shape index (κ2) is 11.0. The van der Waals surface area contributed by atoms with Gasteiger partial charge in [0.15, 0.2) is 0 Å². The predicted octanol–water partition coefficient (Wildman–Crippen LogP) is 13.6. The number of fused-ring (bicyclic) bond motifs is 10. The molecule has 0 radical (unpaired) electrons. The highest BCUT2D eigenvalue weighted by molar-refractivity contribution is 7.26. The fourth-order valence-corrected chi connectivity index (χ4v) is 9.44. The maximum atomic E-state index is 2.44. The zero-order valence-electron chi connectivity index (χ0n) is 27.6. The Balaban J connectivity index is 1.04. The highest BCUT2D eigenvalue weighted by atomic mass is 32.1. The highest BCUT2D eigenvalue weighted by Crippen LogP contribution is 2.44. The van der Waals surface area contributed by atoms with E-state index in [-0.39, 0.29) is 0 Å². The van der Waals surface area contributed by atoms with Gasteiger partial charge in [-0.25, -0.2) is 0 Å². The lowest BCUT2D eigenvalue weighted by atomic mass is 10.0. The molecule has 0 spiro atoms. The summed E-state index contributed by atoms with van der Waals surface area (Å²) >= 11 is 1.90. The van der Waals surface area contributed by atoms with E-state index in [9.17, 15) is 0 Å². The minimum Gasteiger partial charge on any atom is -0.309 e. The van der Waals surface area contributed by atoms with Gasteiger partial charge >= 0.3 is 0 Å². The van der Waals surface area contributed by atoms with Gasteiger partial charge in [-0.05, 0) is 82.9 Å². The topological polar surface area (TPSA) is 9.86 Å². The third-order valence-electron chi connectivity index (χ3n) is 10.5. The minimum absolute atomic E-state index is 1.16. The molecular weight excluding hydrogens is 637 g/mol. The maximum Gasteiger partial charge on any atom is 0.0555 e. The van der Waals surface area contributed by atoms with Crippen molar-refractivity contribution in [3.63, 3.8) is 0 Å². The van der Waals surface area contributed by atoms with Gasteiger partial charge in [0.05, 0.1) is 22.1 Å². The van der Waals surface area contributed by atoms with Crippen LogP contribution < -0.4 is 0 Å². The molecule has 2 nitrogen and oxygen atoms in total. The fraction of sp³-hybridized carbons (Fsp3) is 0. The molecule has 3 heteroatoms. The van der Waals surface area contributed by atoms with E-state index >= 15 is 0 Å². The van der Waals surface area contributed by atoms with Crippen LogP contribution in [0.3, 0.4) is 0 Å². The summed E-state index contributed by atoms with van der Waals surface area (Å²) in [6, 6.07) is 66.5. The molecular formula is C48H30N2S. The van der Waals surface area contributed by atoms with Crippen LogP contribution in [0.2, 0.25) is 0 Å². The van der Waals surface area contributed by atoms with Crippen LogP contribution in [0, 0.1) is 0 Å². The SMILES string of the molecule is c1ccc(-c2ccc3c(c2)c2c4sc5ccccc5c4ccc2n3-c2ccc(-c3ccc(-n4c5ccccc5c5ccccc54)cc3)cc2)cc1. The summed E-state index contributed by atoms with van der Waals surface area (Å²) in [5, 5.41) is 7.82. The first-order valence-corrected chi connectivity index (χ1v) is 18.3. The van der Waals surface area contributed by atoms with Gasteiger partial charge in [0.1, 0.15) is 0 Å². The van der Waals surface area contributed by atoms with Gasteiger partial charge in [0.2, 0.25) is 0 Å². The van der Waals surface area contributed by atoms with Crippen LogP contribution in [0.25, 0.3) is 97.4 Å². The van der Waals surface area contributed by atoms with Crippen molar-refractivity contribution in [2.75, 3.05) is 0 Å². The second-order valence-electron chi connectivity index (χ2n) is 13.3. The van der Waals surface area contributed by atoms with Crippen LogP contribution in [-0.4, -0.2) is 9.13 Å². The Morgan fingerprint density at radius 3 is 1.47 bits per heavy atom. The first-order valence-electron chi connectivity index (χ1n) is 17.4. The van der Waals surface area contributed by atoms with E-state index in [0.717, 1.165) is 5.69 Å². The molecule has 11 aromatic rings. The van der Waals surface area contributed by atoms with E-state index in [2.05, 4.69) is 191 Å². The zero-order chi connectivity index (χ0) is 33.5. The molecule has 0 unspecified atom stereocenters. The van der Waals surface area contributed by atoms with Gasteiger partial charge in [-0.3, -0.25) is 0 Å². The smallest absolute Gasteiger partial charge is 0.0555 e. The molecule has 0 saturated heterocycles. The van der Waals surface area contributed by atoms with E-state index in [1.165, 1.54) is 91.7 Å². The molecule has 0 amide bonds. The van der Waals surface area contributed by atoms with E-state index in [1.54, 1.807) is 0 Å². The van der Waals surface area contributed by atoms with E-state index in [1.807, 2.05) is 11.3 Å². The van der Waals surface area contributed by atoms with Crippen molar-refractivity contribution in [2.45, 2.75) is 0 Å². The normalized spacial score (nSPS) is 11.9. The van der Waals surface area contributed by atoms with Crippen molar-refractivity contribution in [3.8, 4) is 33.6 Å². The van der Waals surface area contributed by atoms with Crippen molar-refractivity contribution in [1.82, 2.24) is 9.13 Å². The van der Waals surface area contributed by atoms with Gasteiger partial charge in [-0.1, -0.05) is 121 Å². The fourth-order valence-electron chi connectivity index (χ4n) is 8.18. The molecule has 0 aliphatic heterocycles. The number of hydrogen-bond acceptors (Lipinski definition) is 1. The summed E-state index contributed by atoms with van der Waals surface area (Å²) in [4.78, 5) is 0. The van der Waals surface area contributed by atoms with E-state index in [4.69, 9.17) is 0 Å². The maximum absolute atomic E-state index is 2.44. The molecule has 0 bridgehead atoms. The Morgan fingerprint density at radius 1 is 0.314 bits per heavy atom. The molecule has 51 heavy (non-hydrogen) atoms. The number of nitrogens with zero attached hydrogens (tertiary/aromatic N) is 2. The van der Waals surface area contributed by atoms with Gasteiger partial charge in [-0.15, -0.1) is 11.3 Å². The summed E-state index contributed by atoms with van der Waals surface area (Å²) in [5.41, 5.74) is 12.1. The molecule has 0 aliphatic carbocycles. The van der Waals surface area contributed by atoms with Crippen molar-refractivity contribution >= 4 is 75.1 Å². The Hall–Kier alpha value is -6.42. The highest BCUT2D eigenvalue weighted by Gasteiger charge is 2.19. The third-order valence-corrected chi connectivity index (χ3v) is 11.7. The summed E-state index contributed by atoms with van der Waals surface area (Å²) in [5.74, 6) is 0. The van der Waals surface area contributed by atoms with E-state index < -0.39 is 0 Å². The lowest BCUT2D eigenvalue weighted by Gasteiger charge is -2.11. The summed E-state index contributed by atoms with van der Waals surface area (Å²) in [6.45, 7) is 0. The molecule has 0 aliphatic rings. The van der Waals surface area contributed by atoms with Crippen LogP contribution >= 0.6 is 11.3 Å². The lowest BCUT2D eigenvalue weighted by Crippen LogP contribution is -1.94. The first-order chi connectivity index (χ1) is 25.3. The summed E-state index contributed by atoms with van der Waals surface area (Å²) in [6.07, 6.45) is 0. The number of aromatic nitrogens is 2. The molecule has 0 saturated carbocycles. The van der Waals surface area contributed by atoms with Crippen LogP contribution in [0.5, 0.6) is 0 Å². The third kappa shape index (κ3) is 4.29. The Labute approximate surface area is 298 Å². The average Bonchev–Trinajstić information content (AvgIpc) is 3.86. The van der Waals surface area contributed by atoms with Gasteiger partial charge in [0.25, 0.3) is 0 Å². The largest absolute Gasteiger partial charge is 0.309 e.